The third-order valence-electron chi connectivity index (χ3n) is 2.50. The van der Waals surface area contributed by atoms with E-state index in [1.807, 2.05) is 14.0 Å². The molecule has 0 amide bonds. The first-order valence-corrected chi connectivity index (χ1v) is 4.71. The molecule has 0 bridgehead atoms. The molecule has 0 saturated heterocycles. The molecule has 0 radical (unpaired) electrons. The molecule has 1 aromatic rings. The molecule has 1 aliphatic carbocycles. The van der Waals surface area contributed by atoms with Gasteiger partial charge in [-0.1, -0.05) is 0 Å². The minimum atomic E-state index is 0.193. The van der Waals surface area contributed by atoms with E-state index in [1.165, 1.54) is 6.42 Å². The second-order valence-electron chi connectivity index (χ2n) is 3.43. The largest absolute Gasteiger partial charge is 0.311 e. The molecular weight excluding hydrogens is 164 g/mol. The molecule has 1 aromatic heterocycles. The monoisotopic (exact) mass is 178 g/mol. The number of hydrogen-bond donors (Lipinski definition) is 1. The molecule has 0 aliphatic heterocycles. The summed E-state index contributed by atoms with van der Waals surface area (Å²) in [6.07, 6.45) is 3.28. The number of rotatable bonds is 2. The van der Waals surface area contributed by atoms with Crippen LogP contribution in [0, 0.1) is 0 Å². The number of nitrogens with one attached hydrogen (secondary N) is 1. The van der Waals surface area contributed by atoms with Gasteiger partial charge in [-0.05, 0) is 33.2 Å². The number of aromatic nitrogens is 3. The number of aryl methyl sites for hydroxylation is 2. The summed E-state index contributed by atoms with van der Waals surface area (Å²) in [7, 11) is 1.90. The maximum atomic E-state index is 4.49. The van der Waals surface area contributed by atoms with Crippen LogP contribution in [-0.4, -0.2) is 22.2 Å². The zero-order chi connectivity index (χ0) is 9.26. The van der Waals surface area contributed by atoms with Gasteiger partial charge in [0.1, 0.15) is 0 Å². The van der Waals surface area contributed by atoms with Crippen molar-refractivity contribution in [3.8, 4) is 0 Å². The van der Waals surface area contributed by atoms with Gasteiger partial charge in [-0.25, -0.2) is 4.98 Å². The van der Waals surface area contributed by atoms with Gasteiger partial charge < -0.3 is 5.32 Å². The summed E-state index contributed by atoms with van der Waals surface area (Å²) in [6, 6.07) is 0.193. The molecule has 1 unspecified atom stereocenters. The van der Waals surface area contributed by atoms with E-state index in [0.717, 1.165) is 30.1 Å². The topological polar surface area (TPSA) is 50.7 Å². The van der Waals surface area contributed by atoms with Gasteiger partial charge in [-0.15, -0.1) is 5.10 Å². The Morgan fingerprint density at radius 1 is 1.23 bits per heavy atom. The fraction of sp³-hybridized carbons (Fsp3) is 0.667. The van der Waals surface area contributed by atoms with E-state index in [4.69, 9.17) is 0 Å². The second kappa shape index (κ2) is 3.38. The molecule has 1 aliphatic rings. The van der Waals surface area contributed by atoms with Gasteiger partial charge in [-0.2, -0.15) is 5.10 Å². The summed E-state index contributed by atoms with van der Waals surface area (Å²) < 4.78 is 0. The molecule has 0 fully saturated rings. The molecule has 70 valence electrons. The van der Waals surface area contributed by atoms with E-state index in [2.05, 4.69) is 20.5 Å². The predicted molar refractivity (Wildman–Crippen MR) is 49.3 cm³/mol. The van der Waals surface area contributed by atoms with Gasteiger partial charge in [-0.3, -0.25) is 0 Å². The predicted octanol–water partition coefficient (Wildman–Crippen LogP) is 0.641. The summed E-state index contributed by atoms with van der Waals surface area (Å²) in [6.45, 7) is 2.04. The van der Waals surface area contributed by atoms with Crippen LogP contribution in [0.1, 0.15) is 36.6 Å². The maximum Gasteiger partial charge on any atom is 0.167 e. The molecule has 1 N–H and O–H groups in total. The van der Waals surface area contributed by atoms with Crippen molar-refractivity contribution in [1.29, 1.82) is 0 Å². The summed E-state index contributed by atoms with van der Waals surface area (Å²) in [5.41, 5.74) is 2.24. The molecule has 1 atom stereocenters. The molecule has 4 nitrogen and oxygen atoms in total. The van der Waals surface area contributed by atoms with Crippen molar-refractivity contribution in [1.82, 2.24) is 20.5 Å². The number of fused-ring (bicyclic) bond motifs is 1. The van der Waals surface area contributed by atoms with Gasteiger partial charge in [0, 0.05) is 0 Å². The Morgan fingerprint density at radius 2 is 2.00 bits per heavy atom. The minimum Gasteiger partial charge on any atom is -0.311 e. The first kappa shape index (κ1) is 8.56. The Bertz CT molecular complexity index is 310. The molecule has 0 spiro atoms. The standard InChI is InChI=1S/C9H14N4/c1-6(10-2)9-11-7-4-3-5-8(7)12-13-9/h6,10H,3-5H2,1-2H3. The summed E-state index contributed by atoms with van der Waals surface area (Å²) in [4.78, 5) is 4.49. The van der Waals surface area contributed by atoms with Gasteiger partial charge in [0.05, 0.1) is 17.4 Å². The van der Waals surface area contributed by atoms with Crippen LogP contribution < -0.4 is 5.32 Å². The Morgan fingerprint density at radius 3 is 2.77 bits per heavy atom. The minimum absolute atomic E-state index is 0.193. The van der Waals surface area contributed by atoms with Crippen LogP contribution in [0.15, 0.2) is 0 Å². The van der Waals surface area contributed by atoms with Crippen molar-refractivity contribution >= 4 is 0 Å². The maximum absolute atomic E-state index is 4.49. The van der Waals surface area contributed by atoms with Crippen LogP contribution in [0.2, 0.25) is 0 Å². The lowest BCUT2D eigenvalue weighted by molar-refractivity contribution is 0.590. The highest BCUT2D eigenvalue weighted by Gasteiger charge is 2.16. The van der Waals surface area contributed by atoms with Gasteiger partial charge >= 0.3 is 0 Å². The average Bonchev–Trinajstić information content (AvgIpc) is 2.63. The average molecular weight is 178 g/mol. The van der Waals surface area contributed by atoms with Crippen molar-refractivity contribution in [2.24, 2.45) is 0 Å². The van der Waals surface area contributed by atoms with E-state index in [-0.39, 0.29) is 6.04 Å². The quantitative estimate of drug-likeness (QED) is 0.722. The van der Waals surface area contributed by atoms with E-state index < -0.39 is 0 Å². The van der Waals surface area contributed by atoms with E-state index in [1.54, 1.807) is 0 Å². The van der Waals surface area contributed by atoms with Crippen molar-refractivity contribution in [3.63, 3.8) is 0 Å². The lowest BCUT2D eigenvalue weighted by Crippen LogP contribution is -2.17. The van der Waals surface area contributed by atoms with Crippen LogP contribution in [0.5, 0.6) is 0 Å². The first-order valence-electron chi connectivity index (χ1n) is 4.71. The zero-order valence-electron chi connectivity index (χ0n) is 8.04. The molecule has 13 heavy (non-hydrogen) atoms. The molecule has 0 aromatic carbocycles. The smallest absolute Gasteiger partial charge is 0.167 e. The molecular formula is C9H14N4. The normalized spacial score (nSPS) is 17.1. The summed E-state index contributed by atoms with van der Waals surface area (Å²) >= 11 is 0. The molecule has 2 rings (SSSR count). The van der Waals surface area contributed by atoms with Crippen molar-refractivity contribution < 1.29 is 0 Å². The zero-order valence-corrected chi connectivity index (χ0v) is 8.04. The van der Waals surface area contributed by atoms with Crippen LogP contribution in [0.25, 0.3) is 0 Å². The Labute approximate surface area is 77.8 Å². The number of hydrogen-bond acceptors (Lipinski definition) is 4. The molecule has 0 saturated carbocycles. The molecule has 1 heterocycles. The Balaban J connectivity index is 2.30. The second-order valence-corrected chi connectivity index (χ2v) is 3.43. The van der Waals surface area contributed by atoms with Gasteiger partial charge in [0.2, 0.25) is 0 Å². The Kier molecular flexibility index (Phi) is 2.22. The first-order chi connectivity index (χ1) is 6.31. The summed E-state index contributed by atoms with van der Waals surface area (Å²) in [5.74, 6) is 0.808. The van der Waals surface area contributed by atoms with Crippen molar-refractivity contribution in [3.05, 3.63) is 17.2 Å². The third-order valence-corrected chi connectivity index (χ3v) is 2.50. The van der Waals surface area contributed by atoms with Gasteiger partial charge in [0.15, 0.2) is 5.82 Å². The third kappa shape index (κ3) is 1.54. The SMILES string of the molecule is CNC(C)c1nnc2c(n1)CCC2. The van der Waals surface area contributed by atoms with E-state index in [9.17, 15) is 0 Å². The highest BCUT2D eigenvalue weighted by molar-refractivity contribution is 5.16. The van der Waals surface area contributed by atoms with Gasteiger partial charge in [0.25, 0.3) is 0 Å². The summed E-state index contributed by atoms with van der Waals surface area (Å²) in [5, 5.41) is 11.4. The fourth-order valence-electron chi connectivity index (χ4n) is 1.52. The van der Waals surface area contributed by atoms with Crippen LogP contribution in [0.3, 0.4) is 0 Å². The highest BCUT2D eigenvalue weighted by atomic mass is 15.2. The van der Waals surface area contributed by atoms with Crippen LogP contribution in [0.4, 0.5) is 0 Å². The Hall–Kier alpha value is -1.03. The number of nitrogens with zero attached hydrogens (tertiary/aromatic N) is 3. The van der Waals surface area contributed by atoms with Crippen LogP contribution in [-0.2, 0) is 12.8 Å². The van der Waals surface area contributed by atoms with E-state index in [0.29, 0.717) is 0 Å². The highest BCUT2D eigenvalue weighted by Crippen LogP contribution is 2.17. The lowest BCUT2D eigenvalue weighted by Gasteiger charge is -2.08. The lowest BCUT2D eigenvalue weighted by atomic mass is 10.3. The van der Waals surface area contributed by atoms with Crippen LogP contribution >= 0.6 is 0 Å². The molecule has 4 heteroatoms. The fourth-order valence-corrected chi connectivity index (χ4v) is 1.52. The van der Waals surface area contributed by atoms with E-state index >= 15 is 0 Å². The van der Waals surface area contributed by atoms with Crippen molar-refractivity contribution in [2.75, 3.05) is 7.05 Å². The van der Waals surface area contributed by atoms with Crippen molar-refractivity contribution in [2.45, 2.75) is 32.2 Å².